The molecule has 1 fully saturated rings. The predicted molar refractivity (Wildman–Crippen MR) is 114 cm³/mol. The second-order valence-electron chi connectivity index (χ2n) is 9.98. The van der Waals surface area contributed by atoms with Gasteiger partial charge in [0.25, 0.3) is 0 Å². The van der Waals surface area contributed by atoms with Gasteiger partial charge < -0.3 is 9.84 Å². The van der Waals surface area contributed by atoms with Gasteiger partial charge in [0.1, 0.15) is 5.75 Å². The van der Waals surface area contributed by atoms with Gasteiger partial charge in [-0.1, -0.05) is 45.9 Å². The molecule has 3 heteroatoms. The third kappa shape index (κ3) is 3.90. The number of hydrogen-bond donors (Lipinski definition) is 1. The fourth-order valence-electron chi connectivity index (χ4n) is 4.62. The van der Waals surface area contributed by atoms with Gasteiger partial charge >= 0.3 is 5.97 Å². The molecule has 0 aliphatic heterocycles. The number of carbonyl (C=O) groups is 1. The highest BCUT2D eigenvalue weighted by Crippen LogP contribution is 2.57. The van der Waals surface area contributed by atoms with Gasteiger partial charge in [-0.05, 0) is 72.6 Å². The molecule has 2 aliphatic rings. The summed E-state index contributed by atoms with van der Waals surface area (Å²) in [5.74, 6) is 0.109. The summed E-state index contributed by atoms with van der Waals surface area (Å²) in [5, 5.41) is 8.88. The van der Waals surface area contributed by atoms with Crippen LogP contribution in [0, 0.1) is 0 Å². The molecule has 3 rings (SSSR count). The Balaban J connectivity index is 1.98. The average Bonchev–Trinajstić information content (AvgIpc) is 3.38. The Kier molecular flexibility index (Phi) is 5.24. The Morgan fingerprint density at radius 1 is 1.04 bits per heavy atom. The molecule has 2 aliphatic carbocycles. The van der Waals surface area contributed by atoms with E-state index in [0.29, 0.717) is 0 Å². The van der Waals surface area contributed by atoms with E-state index in [1.807, 2.05) is 13.0 Å². The van der Waals surface area contributed by atoms with Crippen LogP contribution in [0.2, 0.25) is 0 Å². The largest absolute Gasteiger partial charge is 0.496 e. The Morgan fingerprint density at radius 3 is 2.11 bits per heavy atom. The maximum absolute atomic E-state index is 10.8. The summed E-state index contributed by atoms with van der Waals surface area (Å²) < 4.78 is 5.87. The van der Waals surface area contributed by atoms with Crippen LogP contribution < -0.4 is 4.74 Å². The molecule has 152 valence electrons. The summed E-state index contributed by atoms with van der Waals surface area (Å²) in [5.41, 5.74) is 5.46. The highest BCUT2D eigenvalue weighted by molar-refractivity contribution is 5.81. The van der Waals surface area contributed by atoms with E-state index in [-0.39, 0.29) is 16.2 Å². The summed E-state index contributed by atoms with van der Waals surface area (Å²) in [6.07, 6.45) is 10.9. The number of methoxy groups -OCH3 is 1. The number of rotatable bonds is 6. The molecule has 3 nitrogen and oxygen atoms in total. The van der Waals surface area contributed by atoms with E-state index < -0.39 is 5.97 Å². The van der Waals surface area contributed by atoms with Crippen molar-refractivity contribution in [1.29, 1.82) is 0 Å². The van der Waals surface area contributed by atoms with Crippen molar-refractivity contribution in [3.05, 3.63) is 52.6 Å². The molecule has 0 heterocycles. The molecule has 0 spiro atoms. The minimum atomic E-state index is -0.899. The van der Waals surface area contributed by atoms with Crippen LogP contribution in [0.1, 0.15) is 83.4 Å². The number of carboxylic acid groups (broad SMARTS) is 1. The molecule has 0 aromatic heterocycles. The number of hydrogen-bond acceptors (Lipinski definition) is 2. The van der Waals surface area contributed by atoms with Crippen LogP contribution in [-0.4, -0.2) is 18.2 Å². The van der Waals surface area contributed by atoms with Crippen molar-refractivity contribution in [2.45, 2.75) is 83.0 Å². The van der Waals surface area contributed by atoms with Gasteiger partial charge in [0.15, 0.2) is 0 Å². The minimum Gasteiger partial charge on any atom is -0.496 e. The molecule has 1 aromatic carbocycles. The molecule has 0 radical (unpaired) electrons. The molecule has 28 heavy (non-hydrogen) atoms. The van der Waals surface area contributed by atoms with E-state index >= 15 is 0 Å². The zero-order valence-electron chi connectivity index (χ0n) is 18.2. The third-order valence-electron chi connectivity index (χ3n) is 6.84. The highest BCUT2D eigenvalue weighted by Gasteiger charge is 2.47. The predicted octanol–water partition coefficient (Wildman–Crippen LogP) is 6.05. The Morgan fingerprint density at radius 2 is 1.61 bits per heavy atom. The number of benzene rings is 1. The summed E-state index contributed by atoms with van der Waals surface area (Å²) in [6.45, 7) is 11.2. The normalized spacial score (nSPS) is 22.0. The first-order valence-corrected chi connectivity index (χ1v) is 10.3. The minimum absolute atomic E-state index is 0.123. The van der Waals surface area contributed by atoms with Gasteiger partial charge in [-0.15, -0.1) is 0 Å². The van der Waals surface area contributed by atoms with Crippen LogP contribution in [0.4, 0.5) is 0 Å². The SMILES string of the molecule is COc1cc2c(cc1C1(CC=CC(C)=CC(=O)O)CC1)C(C)(C)CCC2(C)C. The van der Waals surface area contributed by atoms with Crippen LogP contribution in [0.3, 0.4) is 0 Å². The lowest BCUT2D eigenvalue weighted by Gasteiger charge is -2.42. The Labute approximate surface area is 169 Å². The van der Waals surface area contributed by atoms with Gasteiger partial charge in [-0.2, -0.15) is 0 Å². The lowest BCUT2D eigenvalue weighted by Crippen LogP contribution is -2.34. The second kappa shape index (κ2) is 7.09. The van der Waals surface area contributed by atoms with Gasteiger partial charge in [-0.3, -0.25) is 0 Å². The first kappa shape index (κ1) is 20.7. The smallest absolute Gasteiger partial charge is 0.328 e. The molecule has 0 unspecified atom stereocenters. The molecule has 0 bridgehead atoms. The molecule has 1 N–H and O–H groups in total. The van der Waals surface area contributed by atoms with Crippen LogP contribution in [0.25, 0.3) is 0 Å². The summed E-state index contributed by atoms with van der Waals surface area (Å²) in [7, 11) is 1.78. The van der Waals surface area contributed by atoms with E-state index in [0.717, 1.165) is 30.6 Å². The molecule has 0 atom stereocenters. The van der Waals surface area contributed by atoms with E-state index in [2.05, 4.69) is 45.9 Å². The summed E-state index contributed by atoms with van der Waals surface area (Å²) in [6, 6.07) is 4.72. The van der Waals surface area contributed by atoms with Crippen LogP contribution in [0.15, 0.2) is 35.9 Å². The lowest BCUT2D eigenvalue weighted by molar-refractivity contribution is -0.131. The molecular formula is C25H34O3. The fourth-order valence-corrected chi connectivity index (χ4v) is 4.62. The monoisotopic (exact) mass is 382 g/mol. The van der Waals surface area contributed by atoms with E-state index in [1.165, 1.54) is 35.6 Å². The standard InChI is InChI=1S/C25H34O3/c1-17(14-22(26)27)8-7-9-25(12-13-25)20-15-18-19(16-21(20)28-6)24(4,5)11-10-23(18,2)3/h7-8,14-16H,9-13H2,1-6H3,(H,26,27). The maximum Gasteiger partial charge on any atom is 0.328 e. The first-order chi connectivity index (χ1) is 13.0. The Hall–Kier alpha value is -2.03. The number of ether oxygens (including phenoxy) is 1. The fraction of sp³-hybridized carbons (Fsp3) is 0.560. The Bertz CT molecular complexity index is 836. The topological polar surface area (TPSA) is 46.5 Å². The maximum atomic E-state index is 10.8. The van der Waals surface area contributed by atoms with Crippen molar-refractivity contribution in [2.24, 2.45) is 0 Å². The number of allylic oxidation sites excluding steroid dienone is 3. The number of fused-ring (bicyclic) bond motifs is 1. The van der Waals surface area contributed by atoms with E-state index in [1.54, 1.807) is 7.11 Å². The summed E-state index contributed by atoms with van der Waals surface area (Å²) >= 11 is 0. The molecule has 1 saturated carbocycles. The van der Waals surface area contributed by atoms with Crippen LogP contribution in [-0.2, 0) is 21.0 Å². The lowest BCUT2D eigenvalue weighted by atomic mass is 9.62. The van der Waals surface area contributed by atoms with Gasteiger partial charge in [0, 0.05) is 17.1 Å². The zero-order chi connectivity index (χ0) is 20.7. The van der Waals surface area contributed by atoms with Crippen molar-refractivity contribution in [3.8, 4) is 5.75 Å². The van der Waals surface area contributed by atoms with Crippen LogP contribution in [0.5, 0.6) is 5.75 Å². The average molecular weight is 383 g/mol. The second-order valence-corrected chi connectivity index (χ2v) is 9.98. The highest BCUT2D eigenvalue weighted by atomic mass is 16.5. The van der Waals surface area contributed by atoms with Gasteiger partial charge in [-0.25, -0.2) is 4.79 Å². The molecule has 1 aromatic rings. The van der Waals surface area contributed by atoms with Crippen molar-refractivity contribution in [1.82, 2.24) is 0 Å². The van der Waals surface area contributed by atoms with Crippen LogP contribution >= 0.6 is 0 Å². The zero-order valence-corrected chi connectivity index (χ0v) is 18.2. The number of carboxylic acids is 1. The van der Waals surface area contributed by atoms with E-state index in [9.17, 15) is 4.79 Å². The number of aliphatic carboxylic acids is 1. The van der Waals surface area contributed by atoms with E-state index in [4.69, 9.17) is 9.84 Å². The summed E-state index contributed by atoms with van der Waals surface area (Å²) in [4.78, 5) is 10.8. The van der Waals surface area contributed by atoms with Crippen molar-refractivity contribution in [3.63, 3.8) is 0 Å². The quantitative estimate of drug-likeness (QED) is 0.481. The first-order valence-electron chi connectivity index (χ1n) is 10.3. The molecule has 0 amide bonds. The van der Waals surface area contributed by atoms with Crippen molar-refractivity contribution >= 4 is 5.97 Å². The third-order valence-corrected chi connectivity index (χ3v) is 6.84. The molecule has 0 saturated heterocycles. The van der Waals surface area contributed by atoms with Crippen molar-refractivity contribution in [2.75, 3.05) is 7.11 Å². The van der Waals surface area contributed by atoms with Gasteiger partial charge in [0.05, 0.1) is 7.11 Å². The van der Waals surface area contributed by atoms with Gasteiger partial charge in [0.2, 0.25) is 0 Å². The van der Waals surface area contributed by atoms with Crippen molar-refractivity contribution < 1.29 is 14.6 Å². The molecular weight excluding hydrogens is 348 g/mol.